The second-order valence-corrected chi connectivity index (χ2v) is 14.8. The number of hydrogen-bond donors (Lipinski definition) is 0. The first kappa shape index (κ1) is 21.1. The van der Waals surface area contributed by atoms with Crippen molar-refractivity contribution in [2.45, 2.75) is 114 Å². The Bertz CT molecular complexity index is 836. The Morgan fingerprint density at radius 3 is 1.41 bits per heavy atom. The summed E-state index contributed by atoms with van der Waals surface area (Å²) < 4.78 is 13.2. The van der Waals surface area contributed by atoms with Crippen molar-refractivity contribution in [1.29, 1.82) is 0 Å². The fraction of sp³-hybridized carbons (Fsp3) is 0.812. The molecule has 0 amide bonds. The van der Waals surface area contributed by atoms with Crippen molar-refractivity contribution in [3.05, 3.63) is 29.3 Å². The van der Waals surface area contributed by atoms with Crippen molar-refractivity contribution >= 4 is 0 Å². The van der Waals surface area contributed by atoms with Crippen LogP contribution in [-0.4, -0.2) is 18.8 Å². The molecule has 1 aromatic carbocycles. The summed E-state index contributed by atoms with van der Waals surface area (Å²) in [6.07, 6.45) is 18.1. The molecule has 1 saturated heterocycles. The summed E-state index contributed by atoms with van der Waals surface area (Å²) in [6.45, 7) is 5.56. The first-order valence-electron chi connectivity index (χ1n) is 14.9. The third kappa shape index (κ3) is 3.15. The molecule has 10 rings (SSSR count). The van der Waals surface area contributed by atoms with E-state index in [0.29, 0.717) is 22.9 Å². The van der Waals surface area contributed by atoms with E-state index >= 15 is 0 Å². The lowest BCUT2D eigenvalue weighted by atomic mass is 9.46. The second kappa shape index (κ2) is 7.27. The fourth-order valence-electron chi connectivity index (χ4n) is 11.4. The molecule has 9 aliphatic rings. The van der Waals surface area contributed by atoms with Crippen molar-refractivity contribution in [1.82, 2.24) is 0 Å². The van der Waals surface area contributed by atoms with Crippen LogP contribution in [0.4, 0.5) is 0 Å². The Balaban J connectivity index is 1.27. The van der Waals surface area contributed by atoms with Gasteiger partial charge >= 0.3 is 0 Å². The highest BCUT2D eigenvalue weighted by molar-refractivity contribution is 5.51. The molecule has 2 nitrogen and oxygen atoms in total. The SMILES string of the molecule is CC(C)C(Oc1c(C23CC4CC(CC(C4)C2)C3)cccc1C12CC3CC(CC(C3)C1)C2)C1CO1. The molecule has 2 unspecified atom stereocenters. The largest absolute Gasteiger partial charge is 0.487 e. The van der Waals surface area contributed by atoms with Gasteiger partial charge in [0.15, 0.2) is 0 Å². The van der Waals surface area contributed by atoms with Crippen LogP contribution in [0.25, 0.3) is 0 Å². The normalized spacial score (nSPS) is 48.5. The number of ether oxygens (including phenoxy) is 2. The first-order valence-corrected chi connectivity index (χ1v) is 14.9. The van der Waals surface area contributed by atoms with Gasteiger partial charge < -0.3 is 9.47 Å². The molecule has 2 heteroatoms. The van der Waals surface area contributed by atoms with Gasteiger partial charge in [-0.15, -0.1) is 0 Å². The van der Waals surface area contributed by atoms with E-state index in [4.69, 9.17) is 9.47 Å². The molecule has 1 heterocycles. The van der Waals surface area contributed by atoms with E-state index in [2.05, 4.69) is 32.0 Å². The van der Waals surface area contributed by atoms with E-state index in [0.717, 1.165) is 42.1 Å². The molecule has 34 heavy (non-hydrogen) atoms. The zero-order valence-electron chi connectivity index (χ0n) is 21.4. The average Bonchev–Trinajstić information content (AvgIpc) is 3.60. The van der Waals surface area contributed by atoms with Crippen molar-refractivity contribution in [2.75, 3.05) is 6.61 Å². The van der Waals surface area contributed by atoms with E-state index in [1.54, 1.807) is 11.1 Å². The second-order valence-electron chi connectivity index (χ2n) is 14.8. The molecule has 2 atom stereocenters. The highest BCUT2D eigenvalue weighted by atomic mass is 16.6. The summed E-state index contributed by atoms with van der Waals surface area (Å²) in [6, 6.07) is 7.50. The number of epoxide rings is 1. The molecular weight excluding hydrogens is 416 g/mol. The molecule has 8 aliphatic carbocycles. The van der Waals surface area contributed by atoms with Gasteiger partial charge in [-0.3, -0.25) is 0 Å². The van der Waals surface area contributed by atoms with E-state index in [1.807, 2.05) is 0 Å². The minimum absolute atomic E-state index is 0.197. The molecule has 0 spiro atoms. The van der Waals surface area contributed by atoms with Crippen molar-refractivity contribution in [3.8, 4) is 5.75 Å². The van der Waals surface area contributed by atoms with Crippen LogP contribution in [0.5, 0.6) is 5.75 Å². The summed E-state index contributed by atoms with van der Waals surface area (Å²) in [5.74, 6) is 7.65. The van der Waals surface area contributed by atoms with Crippen molar-refractivity contribution < 1.29 is 9.47 Å². The van der Waals surface area contributed by atoms with Crippen LogP contribution in [0.3, 0.4) is 0 Å². The Kier molecular flexibility index (Phi) is 4.51. The molecule has 0 N–H and O–H groups in total. The molecule has 8 bridgehead atoms. The summed E-state index contributed by atoms with van der Waals surface area (Å²) >= 11 is 0. The average molecular weight is 461 g/mol. The topological polar surface area (TPSA) is 21.8 Å². The molecule has 9 fully saturated rings. The summed E-state index contributed by atoms with van der Waals surface area (Å²) in [7, 11) is 0. The molecule has 8 saturated carbocycles. The van der Waals surface area contributed by atoms with E-state index < -0.39 is 0 Å². The zero-order valence-corrected chi connectivity index (χ0v) is 21.4. The lowest BCUT2D eigenvalue weighted by molar-refractivity contribution is -0.0130. The smallest absolute Gasteiger partial charge is 0.129 e. The van der Waals surface area contributed by atoms with Crippen LogP contribution in [0.15, 0.2) is 18.2 Å². The number of benzene rings is 1. The van der Waals surface area contributed by atoms with Gasteiger partial charge in [0.05, 0.1) is 6.61 Å². The molecule has 0 aromatic heterocycles. The van der Waals surface area contributed by atoms with E-state index in [9.17, 15) is 0 Å². The third-order valence-electron chi connectivity index (χ3n) is 11.9. The van der Waals surface area contributed by atoms with Crippen molar-refractivity contribution in [2.24, 2.45) is 41.4 Å². The highest BCUT2D eigenvalue weighted by Gasteiger charge is 2.56. The standard InChI is InChI=1S/C32H44O2/c1-19(2)29(28-18-33-28)34-30-26(31-12-20-6-21(13-31)8-22(7-20)14-31)4-3-5-27(30)32-15-23-9-24(16-32)11-25(10-23)17-32/h3-5,19-25,28-29H,6-18H2,1-2H3. The van der Waals surface area contributed by atoms with Gasteiger partial charge in [0.1, 0.15) is 18.0 Å². The van der Waals surface area contributed by atoms with Crippen LogP contribution in [-0.2, 0) is 15.6 Å². The number of rotatable bonds is 6. The monoisotopic (exact) mass is 460 g/mol. The van der Waals surface area contributed by atoms with Crippen LogP contribution in [0, 0.1) is 41.4 Å². The summed E-state index contributed by atoms with van der Waals surface area (Å²) in [5.41, 5.74) is 4.03. The maximum Gasteiger partial charge on any atom is 0.129 e. The van der Waals surface area contributed by atoms with Crippen LogP contribution in [0.1, 0.15) is 102 Å². The van der Waals surface area contributed by atoms with Gasteiger partial charge in [-0.2, -0.15) is 0 Å². The quantitative estimate of drug-likeness (QED) is 0.412. The molecule has 0 radical (unpaired) electrons. The maximum atomic E-state index is 7.32. The lowest BCUT2D eigenvalue weighted by Crippen LogP contribution is -2.50. The highest BCUT2D eigenvalue weighted by Crippen LogP contribution is 2.65. The van der Waals surface area contributed by atoms with Crippen LogP contribution < -0.4 is 4.74 Å². The predicted molar refractivity (Wildman–Crippen MR) is 135 cm³/mol. The third-order valence-corrected chi connectivity index (χ3v) is 11.9. The van der Waals surface area contributed by atoms with Gasteiger partial charge in [0, 0.05) is 11.1 Å². The maximum absolute atomic E-state index is 7.32. The Morgan fingerprint density at radius 2 is 1.09 bits per heavy atom. The number of hydrogen-bond acceptors (Lipinski definition) is 2. The Labute approximate surface area is 206 Å². The summed E-state index contributed by atoms with van der Waals surface area (Å²) in [5, 5.41) is 0. The lowest BCUT2D eigenvalue weighted by Gasteiger charge is -2.59. The van der Waals surface area contributed by atoms with Gasteiger partial charge in [-0.05, 0) is 129 Å². The molecular formula is C32H44O2. The van der Waals surface area contributed by atoms with Gasteiger partial charge in [0.25, 0.3) is 0 Å². The molecule has 1 aromatic rings. The predicted octanol–water partition coefficient (Wildman–Crippen LogP) is 7.42. The zero-order chi connectivity index (χ0) is 22.7. The number of para-hydroxylation sites is 1. The first-order chi connectivity index (χ1) is 16.5. The van der Waals surface area contributed by atoms with Crippen molar-refractivity contribution in [3.63, 3.8) is 0 Å². The van der Waals surface area contributed by atoms with E-state index in [1.165, 1.54) is 82.8 Å². The van der Waals surface area contributed by atoms with Crippen LogP contribution >= 0.6 is 0 Å². The summed E-state index contributed by atoms with van der Waals surface area (Å²) in [4.78, 5) is 0. The Morgan fingerprint density at radius 1 is 0.706 bits per heavy atom. The van der Waals surface area contributed by atoms with Crippen LogP contribution in [0.2, 0.25) is 0 Å². The Hall–Kier alpha value is -1.02. The minimum Gasteiger partial charge on any atom is -0.487 e. The van der Waals surface area contributed by atoms with E-state index in [-0.39, 0.29) is 6.10 Å². The minimum atomic E-state index is 0.197. The molecule has 1 aliphatic heterocycles. The van der Waals surface area contributed by atoms with Gasteiger partial charge in [-0.25, -0.2) is 0 Å². The van der Waals surface area contributed by atoms with Gasteiger partial charge in [-0.1, -0.05) is 32.0 Å². The van der Waals surface area contributed by atoms with Gasteiger partial charge in [0.2, 0.25) is 0 Å². The fourth-order valence-corrected chi connectivity index (χ4v) is 11.4. The molecule has 184 valence electrons.